The van der Waals surface area contributed by atoms with Gasteiger partial charge in [-0.15, -0.1) is 0 Å². The van der Waals surface area contributed by atoms with Gasteiger partial charge in [0.2, 0.25) is 5.72 Å². The molecule has 0 saturated heterocycles. The van der Waals surface area contributed by atoms with E-state index in [0.717, 1.165) is 0 Å². The lowest BCUT2D eigenvalue weighted by atomic mass is 10.1. The summed E-state index contributed by atoms with van der Waals surface area (Å²) in [6.45, 7) is 3.50. The van der Waals surface area contributed by atoms with Crippen molar-refractivity contribution in [2.75, 3.05) is 13.2 Å². The first-order valence-electron chi connectivity index (χ1n) is 4.13. The number of hydrogen-bond acceptors (Lipinski definition) is 5. The van der Waals surface area contributed by atoms with Crippen molar-refractivity contribution in [3.05, 3.63) is 0 Å². The zero-order chi connectivity index (χ0) is 11.4. The van der Waals surface area contributed by atoms with E-state index in [1.807, 2.05) is 0 Å². The van der Waals surface area contributed by atoms with Gasteiger partial charge in [0.05, 0.1) is 9.47 Å². The van der Waals surface area contributed by atoms with Crippen LogP contribution in [0.5, 0.6) is 0 Å². The molecule has 0 bridgehead atoms. The molecule has 4 atom stereocenters. The molecule has 5 nitrogen and oxygen atoms in total. The molecule has 0 fully saturated rings. The highest BCUT2D eigenvalue weighted by Gasteiger charge is 2.36. The Balaban J connectivity index is 4.34. The smallest absolute Gasteiger partial charge is 0.356 e. The Morgan fingerprint density at radius 3 is 2.57 bits per heavy atom. The van der Waals surface area contributed by atoms with Crippen molar-refractivity contribution in [1.82, 2.24) is 4.67 Å². The van der Waals surface area contributed by atoms with Crippen LogP contribution in [0.15, 0.2) is 0 Å². The topological polar surface area (TPSA) is 70.0 Å². The largest absolute Gasteiger partial charge is 0.448 e. The highest BCUT2D eigenvalue weighted by molar-refractivity contribution is 7.13. The standard InChI is InChI=1S/C7H17NO4P2/c1-5(4-9)3-8(13)7(2,11)6(10)12-14/h5,9,11H,3-4,13-14H2,1-2H3. The van der Waals surface area contributed by atoms with E-state index >= 15 is 0 Å². The van der Waals surface area contributed by atoms with Gasteiger partial charge in [-0.2, -0.15) is 0 Å². The predicted molar refractivity (Wildman–Crippen MR) is 59.1 cm³/mol. The molecule has 0 spiro atoms. The van der Waals surface area contributed by atoms with Crippen LogP contribution in [0.4, 0.5) is 0 Å². The molecule has 0 radical (unpaired) electrons. The van der Waals surface area contributed by atoms with Crippen molar-refractivity contribution in [1.29, 1.82) is 0 Å². The lowest BCUT2D eigenvalue weighted by molar-refractivity contribution is -0.164. The van der Waals surface area contributed by atoms with Crippen molar-refractivity contribution >= 4 is 24.8 Å². The van der Waals surface area contributed by atoms with Crippen molar-refractivity contribution in [3.8, 4) is 0 Å². The van der Waals surface area contributed by atoms with E-state index in [0.29, 0.717) is 6.54 Å². The maximum absolute atomic E-state index is 11.1. The number of carbonyl (C=O) groups is 1. The monoisotopic (exact) mass is 241 g/mol. The normalized spacial score (nSPS) is 17.6. The first-order chi connectivity index (χ1) is 6.36. The molecule has 84 valence electrons. The summed E-state index contributed by atoms with van der Waals surface area (Å²) in [5.41, 5.74) is -1.70. The molecule has 14 heavy (non-hydrogen) atoms. The second kappa shape index (κ2) is 5.94. The van der Waals surface area contributed by atoms with Crippen LogP contribution < -0.4 is 0 Å². The summed E-state index contributed by atoms with van der Waals surface area (Å²) in [6, 6.07) is 0. The molecule has 2 N–H and O–H groups in total. The van der Waals surface area contributed by atoms with Gasteiger partial charge in [-0.1, -0.05) is 16.3 Å². The summed E-state index contributed by atoms with van der Waals surface area (Å²) in [7, 11) is 4.03. The van der Waals surface area contributed by atoms with Crippen molar-refractivity contribution < 1.29 is 19.5 Å². The highest BCUT2D eigenvalue weighted by Crippen LogP contribution is 2.20. The number of carbonyl (C=O) groups excluding carboxylic acids is 1. The van der Waals surface area contributed by atoms with Gasteiger partial charge < -0.3 is 14.7 Å². The van der Waals surface area contributed by atoms with Gasteiger partial charge in [-0.05, 0) is 12.8 Å². The van der Waals surface area contributed by atoms with Gasteiger partial charge in [-0.25, -0.2) is 9.46 Å². The Morgan fingerprint density at radius 1 is 1.71 bits per heavy atom. The Hall–Kier alpha value is 0.210. The van der Waals surface area contributed by atoms with Crippen LogP contribution in [0.1, 0.15) is 13.8 Å². The molecule has 0 aromatic carbocycles. The first kappa shape index (κ1) is 14.2. The number of aliphatic hydroxyl groups excluding tert-OH is 1. The number of nitrogens with zero attached hydrogens (tertiary/aromatic N) is 1. The summed E-state index contributed by atoms with van der Waals surface area (Å²) in [6.07, 6.45) is 0. The average Bonchev–Trinajstić information content (AvgIpc) is 2.15. The zero-order valence-electron chi connectivity index (χ0n) is 8.30. The fraction of sp³-hybridized carbons (Fsp3) is 0.857. The molecular weight excluding hydrogens is 224 g/mol. The summed E-state index contributed by atoms with van der Waals surface area (Å²) >= 11 is 0. The molecule has 0 aromatic heterocycles. The van der Waals surface area contributed by atoms with Crippen LogP contribution in [0.2, 0.25) is 0 Å². The summed E-state index contributed by atoms with van der Waals surface area (Å²) < 4.78 is 5.71. The Kier molecular flexibility index (Phi) is 6.03. The predicted octanol–water partition coefficient (Wildman–Crippen LogP) is -0.251. The van der Waals surface area contributed by atoms with Gasteiger partial charge in [0.25, 0.3) is 0 Å². The average molecular weight is 241 g/mol. The fourth-order valence-corrected chi connectivity index (χ4v) is 1.49. The molecule has 0 saturated carbocycles. The number of hydrogen-bond donors (Lipinski definition) is 2. The number of rotatable bonds is 5. The second-order valence-electron chi connectivity index (χ2n) is 3.37. The Bertz CT molecular complexity index is 200. The third kappa shape index (κ3) is 3.76. The SMILES string of the molecule is CC(CO)CN(P)C(C)(O)C(=O)OP. The van der Waals surface area contributed by atoms with Gasteiger partial charge in [0.1, 0.15) is 0 Å². The van der Waals surface area contributed by atoms with Crippen LogP contribution in [0, 0.1) is 5.92 Å². The Labute approximate surface area is 88.4 Å². The summed E-state index contributed by atoms with van der Waals surface area (Å²) in [5.74, 6) is -0.793. The molecular formula is C7H17NO4P2. The molecule has 0 aromatic rings. The van der Waals surface area contributed by atoms with E-state index in [1.54, 1.807) is 16.4 Å². The molecule has 0 rings (SSSR count). The quantitative estimate of drug-likeness (QED) is 0.513. The number of aliphatic hydroxyl groups is 2. The van der Waals surface area contributed by atoms with E-state index in [9.17, 15) is 9.90 Å². The third-order valence-corrected chi connectivity index (χ3v) is 2.80. The second-order valence-corrected chi connectivity index (χ2v) is 4.23. The van der Waals surface area contributed by atoms with Crippen LogP contribution in [0.3, 0.4) is 0 Å². The maximum atomic E-state index is 11.1. The molecule has 0 aliphatic carbocycles. The minimum atomic E-state index is -1.70. The van der Waals surface area contributed by atoms with E-state index in [4.69, 9.17) is 5.11 Å². The van der Waals surface area contributed by atoms with Crippen LogP contribution in [0.25, 0.3) is 0 Å². The molecule has 0 amide bonds. The van der Waals surface area contributed by atoms with E-state index in [1.165, 1.54) is 11.6 Å². The maximum Gasteiger partial charge on any atom is 0.356 e. The summed E-state index contributed by atoms with van der Waals surface area (Å²) in [5, 5.41) is 18.5. The van der Waals surface area contributed by atoms with Gasteiger partial charge in [-0.3, -0.25) is 0 Å². The lowest BCUT2D eigenvalue weighted by Gasteiger charge is -2.32. The lowest BCUT2D eigenvalue weighted by Crippen LogP contribution is -2.49. The Morgan fingerprint density at radius 2 is 2.21 bits per heavy atom. The zero-order valence-corrected chi connectivity index (χ0v) is 10.6. The minimum Gasteiger partial charge on any atom is -0.448 e. The van der Waals surface area contributed by atoms with E-state index < -0.39 is 11.7 Å². The van der Waals surface area contributed by atoms with Gasteiger partial charge in [0.15, 0.2) is 0 Å². The molecule has 0 heterocycles. The van der Waals surface area contributed by atoms with Crippen molar-refractivity contribution in [3.63, 3.8) is 0 Å². The molecule has 7 heteroatoms. The van der Waals surface area contributed by atoms with Crippen molar-refractivity contribution in [2.45, 2.75) is 19.6 Å². The fourth-order valence-electron chi connectivity index (χ4n) is 0.800. The van der Waals surface area contributed by atoms with Crippen LogP contribution >= 0.6 is 18.9 Å². The molecule has 0 aliphatic rings. The van der Waals surface area contributed by atoms with Crippen LogP contribution in [-0.2, 0) is 9.32 Å². The van der Waals surface area contributed by atoms with Crippen molar-refractivity contribution in [2.24, 2.45) is 5.92 Å². The third-order valence-electron chi connectivity index (χ3n) is 1.87. The van der Waals surface area contributed by atoms with E-state index in [2.05, 4.69) is 13.9 Å². The molecule has 4 unspecified atom stereocenters. The summed E-state index contributed by atoms with van der Waals surface area (Å²) in [4.78, 5) is 11.1. The highest BCUT2D eigenvalue weighted by atomic mass is 31.0. The van der Waals surface area contributed by atoms with Gasteiger partial charge in [0, 0.05) is 13.2 Å². The minimum absolute atomic E-state index is 0.00307. The van der Waals surface area contributed by atoms with Gasteiger partial charge >= 0.3 is 5.97 Å². The molecule has 0 aliphatic heterocycles. The van der Waals surface area contributed by atoms with Crippen LogP contribution in [-0.4, -0.2) is 39.7 Å². The first-order valence-corrected chi connectivity index (χ1v) is 5.11. The van der Waals surface area contributed by atoms with E-state index in [-0.39, 0.29) is 12.5 Å².